The second-order valence-corrected chi connectivity index (χ2v) is 6.25. The maximum absolute atomic E-state index is 2.27. The molecule has 2 heteroatoms. The van der Waals surface area contributed by atoms with E-state index in [0.29, 0.717) is 0 Å². The number of benzene rings is 2. The second kappa shape index (κ2) is 3.62. The minimum Gasteiger partial charge on any atom is -0.134 e. The molecule has 0 saturated carbocycles. The van der Waals surface area contributed by atoms with Crippen molar-refractivity contribution in [2.75, 3.05) is 5.75 Å². The molecule has 1 aromatic heterocycles. The van der Waals surface area contributed by atoms with E-state index >= 15 is 0 Å². The zero-order chi connectivity index (χ0) is 11.2. The molecule has 0 atom stereocenters. The summed E-state index contributed by atoms with van der Waals surface area (Å²) in [6, 6.07) is 13.2. The predicted molar refractivity (Wildman–Crippen MR) is 79.1 cm³/mol. The van der Waals surface area contributed by atoms with Gasteiger partial charge >= 0.3 is 0 Å². The Morgan fingerprint density at radius 1 is 0.941 bits per heavy atom. The van der Waals surface area contributed by atoms with Gasteiger partial charge in [0.2, 0.25) is 0 Å². The van der Waals surface area contributed by atoms with Gasteiger partial charge in [-0.05, 0) is 11.6 Å². The first-order chi connectivity index (χ1) is 8.43. The number of thioether (sulfide) groups is 1. The molecule has 0 fully saturated rings. The van der Waals surface area contributed by atoms with E-state index in [9.17, 15) is 0 Å². The topological polar surface area (TPSA) is 0 Å². The molecule has 1 aliphatic rings. The van der Waals surface area contributed by atoms with Crippen LogP contribution in [0, 0.1) is 0 Å². The Morgan fingerprint density at radius 2 is 1.88 bits per heavy atom. The molecule has 2 aromatic carbocycles. The fourth-order valence-electron chi connectivity index (χ4n) is 2.37. The van der Waals surface area contributed by atoms with Crippen molar-refractivity contribution in [1.82, 2.24) is 0 Å². The highest BCUT2D eigenvalue weighted by molar-refractivity contribution is 8.00. The SMILES string of the molecule is C1=Cc2ccc3c(sc4ccccc43)c2SC1. The highest BCUT2D eigenvalue weighted by Crippen LogP contribution is 2.42. The van der Waals surface area contributed by atoms with Gasteiger partial charge in [-0.2, -0.15) is 0 Å². The maximum Gasteiger partial charge on any atom is 0.0497 e. The van der Waals surface area contributed by atoms with Gasteiger partial charge in [-0.1, -0.05) is 42.5 Å². The van der Waals surface area contributed by atoms with Gasteiger partial charge in [0.1, 0.15) is 0 Å². The molecule has 0 spiro atoms. The van der Waals surface area contributed by atoms with Crippen LogP contribution in [0.15, 0.2) is 47.4 Å². The highest BCUT2D eigenvalue weighted by Gasteiger charge is 2.13. The summed E-state index contributed by atoms with van der Waals surface area (Å²) in [5.41, 5.74) is 1.38. The first-order valence-electron chi connectivity index (χ1n) is 5.67. The van der Waals surface area contributed by atoms with Gasteiger partial charge < -0.3 is 0 Å². The van der Waals surface area contributed by atoms with Crippen LogP contribution in [0.3, 0.4) is 0 Å². The Hall–Kier alpha value is -1.25. The monoisotopic (exact) mass is 254 g/mol. The van der Waals surface area contributed by atoms with Gasteiger partial charge in [-0.25, -0.2) is 0 Å². The number of hydrogen-bond donors (Lipinski definition) is 0. The molecular formula is C15H10S2. The summed E-state index contributed by atoms with van der Waals surface area (Å²) < 4.78 is 2.85. The van der Waals surface area contributed by atoms with Crippen LogP contribution in [-0.2, 0) is 0 Å². The predicted octanol–water partition coefficient (Wildman–Crippen LogP) is 5.17. The maximum atomic E-state index is 2.27. The smallest absolute Gasteiger partial charge is 0.0497 e. The zero-order valence-electron chi connectivity index (χ0n) is 9.14. The minimum absolute atomic E-state index is 1.10. The van der Waals surface area contributed by atoms with Crippen LogP contribution < -0.4 is 0 Å². The van der Waals surface area contributed by atoms with Crippen LogP contribution in [0.1, 0.15) is 5.56 Å². The normalized spacial score (nSPS) is 14.4. The molecule has 0 N–H and O–H groups in total. The molecular weight excluding hydrogens is 244 g/mol. The molecule has 0 nitrogen and oxygen atoms in total. The largest absolute Gasteiger partial charge is 0.134 e. The summed E-state index contributed by atoms with van der Waals surface area (Å²) in [6.45, 7) is 0. The summed E-state index contributed by atoms with van der Waals surface area (Å²) in [6.07, 6.45) is 4.49. The molecule has 4 rings (SSSR count). The zero-order valence-corrected chi connectivity index (χ0v) is 10.8. The number of fused-ring (bicyclic) bond motifs is 5. The Morgan fingerprint density at radius 3 is 2.88 bits per heavy atom. The number of thiophene rings is 1. The fraction of sp³-hybridized carbons (Fsp3) is 0.0667. The first-order valence-corrected chi connectivity index (χ1v) is 7.47. The van der Waals surface area contributed by atoms with Crippen molar-refractivity contribution in [2.24, 2.45) is 0 Å². The molecule has 0 amide bonds. The van der Waals surface area contributed by atoms with E-state index in [-0.39, 0.29) is 0 Å². The lowest BCUT2D eigenvalue weighted by atomic mass is 10.1. The third-order valence-corrected chi connectivity index (χ3v) is 5.57. The second-order valence-electron chi connectivity index (χ2n) is 4.17. The summed E-state index contributed by atoms with van der Waals surface area (Å²) in [4.78, 5) is 1.46. The Balaban J connectivity index is 2.21. The molecule has 2 heterocycles. The van der Waals surface area contributed by atoms with E-state index in [2.05, 4.69) is 48.6 Å². The molecule has 82 valence electrons. The van der Waals surface area contributed by atoms with Crippen LogP contribution in [-0.4, -0.2) is 5.75 Å². The molecule has 0 saturated heterocycles. The summed E-state index contributed by atoms with van der Waals surface area (Å²) in [7, 11) is 0. The van der Waals surface area contributed by atoms with Crippen molar-refractivity contribution >= 4 is 49.3 Å². The average molecular weight is 254 g/mol. The van der Waals surface area contributed by atoms with Gasteiger partial charge in [-0.3, -0.25) is 0 Å². The molecule has 0 aliphatic carbocycles. The van der Waals surface area contributed by atoms with Crippen LogP contribution in [0.5, 0.6) is 0 Å². The van der Waals surface area contributed by atoms with E-state index in [1.807, 2.05) is 23.1 Å². The Kier molecular flexibility index (Phi) is 2.08. The molecule has 0 unspecified atom stereocenters. The number of rotatable bonds is 0. The lowest BCUT2D eigenvalue weighted by Gasteiger charge is -2.10. The summed E-state index contributed by atoms with van der Waals surface area (Å²) in [5, 5.41) is 2.80. The summed E-state index contributed by atoms with van der Waals surface area (Å²) in [5.74, 6) is 1.10. The van der Waals surface area contributed by atoms with Crippen molar-refractivity contribution in [3.63, 3.8) is 0 Å². The molecule has 17 heavy (non-hydrogen) atoms. The third kappa shape index (κ3) is 1.38. The van der Waals surface area contributed by atoms with Gasteiger partial charge in [0, 0.05) is 30.8 Å². The van der Waals surface area contributed by atoms with Gasteiger partial charge in [-0.15, -0.1) is 23.1 Å². The Bertz CT molecular complexity index is 750. The van der Waals surface area contributed by atoms with E-state index in [4.69, 9.17) is 0 Å². The van der Waals surface area contributed by atoms with Crippen LogP contribution in [0.2, 0.25) is 0 Å². The van der Waals surface area contributed by atoms with Crippen molar-refractivity contribution in [2.45, 2.75) is 4.90 Å². The lowest BCUT2D eigenvalue weighted by Crippen LogP contribution is -1.86. The fourth-order valence-corrected chi connectivity index (χ4v) is 4.72. The highest BCUT2D eigenvalue weighted by atomic mass is 32.2. The van der Waals surface area contributed by atoms with Gasteiger partial charge in [0.15, 0.2) is 0 Å². The van der Waals surface area contributed by atoms with E-state index in [0.717, 1.165) is 5.75 Å². The minimum atomic E-state index is 1.10. The standard InChI is InChI=1S/C15H10S2/c1-2-6-13-11(5-1)12-8-7-10-4-3-9-16-14(10)15(12)17-13/h1-8H,9H2. The Labute approximate surface area is 108 Å². The lowest BCUT2D eigenvalue weighted by molar-refractivity contribution is 1.49. The molecule has 0 radical (unpaired) electrons. The van der Waals surface area contributed by atoms with Gasteiger partial charge in [0.05, 0.1) is 0 Å². The van der Waals surface area contributed by atoms with E-state index < -0.39 is 0 Å². The first kappa shape index (κ1) is 9.75. The van der Waals surface area contributed by atoms with Crippen molar-refractivity contribution in [1.29, 1.82) is 0 Å². The number of hydrogen-bond acceptors (Lipinski definition) is 2. The van der Waals surface area contributed by atoms with Crippen molar-refractivity contribution in [3.05, 3.63) is 48.0 Å². The van der Waals surface area contributed by atoms with E-state index in [1.54, 1.807) is 0 Å². The summed E-state index contributed by atoms with van der Waals surface area (Å²) >= 11 is 3.88. The van der Waals surface area contributed by atoms with E-state index in [1.165, 1.54) is 30.6 Å². The van der Waals surface area contributed by atoms with Crippen LogP contribution in [0.4, 0.5) is 0 Å². The van der Waals surface area contributed by atoms with Crippen LogP contribution in [0.25, 0.3) is 26.2 Å². The van der Waals surface area contributed by atoms with Crippen LogP contribution >= 0.6 is 23.1 Å². The third-order valence-electron chi connectivity index (χ3n) is 3.15. The van der Waals surface area contributed by atoms with Gasteiger partial charge in [0.25, 0.3) is 0 Å². The molecule has 0 bridgehead atoms. The quantitative estimate of drug-likeness (QED) is 0.533. The van der Waals surface area contributed by atoms with Crippen molar-refractivity contribution < 1.29 is 0 Å². The average Bonchev–Trinajstić information content (AvgIpc) is 2.78. The molecule has 3 aromatic rings. The van der Waals surface area contributed by atoms with Crippen molar-refractivity contribution in [3.8, 4) is 0 Å². The molecule has 1 aliphatic heterocycles.